The predicted octanol–water partition coefficient (Wildman–Crippen LogP) is 3.88. The molecule has 0 atom stereocenters. The summed E-state index contributed by atoms with van der Waals surface area (Å²) < 4.78 is 11.5. The number of carbonyl (C=O) groups excluding carboxylic acids is 1. The summed E-state index contributed by atoms with van der Waals surface area (Å²) in [6, 6.07) is 3.41. The maximum Gasteiger partial charge on any atom is 0.319 e. The Morgan fingerprint density at radius 2 is 2.10 bits per heavy atom. The van der Waals surface area contributed by atoms with Crippen LogP contribution in [-0.2, 0) is 9.47 Å². The molecule has 0 bridgehead atoms. The van der Waals surface area contributed by atoms with E-state index in [2.05, 4.69) is 32.2 Å². The minimum Gasteiger partial charge on any atom is -0.489 e. The summed E-state index contributed by atoms with van der Waals surface area (Å²) in [6.45, 7) is 8.42. The highest BCUT2D eigenvalue weighted by molar-refractivity contribution is 6.32. The number of piperidine rings is 1. The molecule has 8 nitrogen and oxygen atoms in total. The molecule has 2 amide bonds. The number of halogens is 1. The summed E-state index contributed by atoms with van der Waals surface area (Å²) in [4.78, 5) is 22.5. The van der Waals surface area contributed by atoms with Crippen molar-refractivity contribution in [3.05, 3.63) is 47.2 Å². The van der Waals surface area contributed by atoms with E-state index in [1.165, 1.54) is 0 Å². The van der Waals surface area contributed by atoms with Crippen molar-refractivity contribution in [1.82, 2.24) is 15.2 Å². The van der Waals surface area contributed by atoms with Gasteiger partial charge in [0.1, 0.15) is 22.7 Å². The fourth-order valence-electron chi connectivity index (χ4n) is 3.66. The summed E-state index contributed by atoms with van der Waals surface area (Å²) in [5.74, 6) is 1.23. The minimum absolute atomic E-state index is 0.0671. The van der Waals surface area contributed by atoms with E-state index in [-0.39, 0.29) is 18.2 Å². The number of urea groups is 1. The lowest BCUT2D eigenvalue weighted by atomic mass is 10.1. The number of rotatable bonds is 7. The molecule has 3 heterocycles. The van der Waals surface area contributed by atoms with Crippen LogP contribution < -0.4 is 10.6 Å². The lowest BCUT2D eigenvalue weighted by molar-refractivity contribution is -0.00145. The highest BCUT2D eigenvalue weighted by Crippen LogP contribution is 2.28. The summed E-state index contributed by atoms with van der Waals surface area (Å²) in [6.07, 6.45) is 8.46. The average molecular weight is 448 g/mol. The maximum absolute atomic E-state index is 12.2. The molecule has 1 aromatic rings. The molecule has 0 radical (unpaired) electrons. The molecular formula is C22H30ClN5O3. The SMILES string of the molecule is C=N/C(=C(Cl)\C(=C/C)OC1CCOCC1)N1CCC(NC(=O)Nc2cccnc2)CC1. The number of anilines is 1. The molecule has 2 N–H and O–H groups in total. The van der Waals surface area contributed by atoms with Crippen molar-refractivity contribution < 1.29 is 14.3 Å². The Morgan fingerprint density at radius 3 is 2.71 bits per heavy atom. The predicted molar refractivity (Wildman–Crippen MR) is 122 cm³/mol. The molecular weight excluding hydrogens is 418 g/mol. The van der Waals surface area contributed by atoms with E-state index in [0.717, 1.165) is 25.7 Å². The van der Waals surface area contributed by atoms with Gasteiger partial charge in [0.05, 0.1) is 25.1 Å². The van der Waals surface area contributed by atoms with E-state index < -0.39 is 0 Å². The highest BCUT2D eigenvalue weighted by atomic mass is 35.5. The van der Waals surface area contributed by atoms with Crippen molar-refractivity contribution in [2.75, 3.05) is 31.6 Å². The maximum atomic E-state index is 12.2. The number of aromatic nitrogens is 1. The lowest BCUT2D eigenvalue weighted by Gasteiger charge is -2.34. The topological polar surface area (TPSA) is 88.1 Å². The third-order valence-electron chi connectivity index (χ3n) is 5.34. The van der Waals surface area contributed by atoms with Gasteiger partial charge in [-0.2, -0.15) is 0 Å². The van der Waals surface area contributed by atoms with Crippen LogP contribution >= 0.6 is 11.6 Å². The van der Waals surface area contributed by atoms with E-state index in [4.69, 9.17) is 21.1 Å². The van der Waals surface area contributed by atoms with E-state index in [0.29, 0.717) is 48.6 Å². The first kappa shape index (κ1) is 23.1. The molecule has 3 rings (SSSR count). The molecule has 0 unspecified atom stereocenters. The second-order valence-electron chi connectivity index (χ2n) is 7.48. The Balaban J connectivity index is 1.54. The third-order valence-corrected chi connectivity index (χ3v) is 5.69. The van der Waals surface area contributed by atoms with Gasteiger partial charge in [0.2, 0.25) is 0 Å². The van der Waals surface area contributed by atoms with Crippen LogP contribution in [0.25, 0.3) is 0 Å². The zero-order valence-corrected chi connectivity index (χ0v) is 18.6. The van der Waals surface area contributed by atoms with Crippen molar-refractivity contribution in [2.24, 2.45) is 4.99 Å². The molecule has 0 aliphatic carbocycles. The van der Waals surface area contributed by atoms with E-state index in [1.807, 2.05) is 13.0 Å². The zero-order valence-electron chi connectivity index (χ0n) is 17.8. The number of pyridine rings is 1. The molecule has 168 valence electrons. The number of allylic oxidation sites excluding steroid dienone is 2. The standard InChI is InChI=1S/C22H30ClN5O3/c1-3-19(31-18-8-13-30-14-9-18)20(23)21(24-2)28-11-6-16(7-12-28)26-22(29)27-17-5-4-10-25-15-17/h3-5,10,15-16,18H,2,6-9,11-14H2,1H3,(H2,26,27,29)/b19-3+,21-20-. The van der Waals surface area contributed by atoms with Gasteiger partial charge >= 0.3 is 6.03 Å². The summed E-state index contributed by atoms with van der Waals surface area (Å²) in [7, 11) is 0. The second kappa shape index (κ2) is 11.7. The normalized spacial score (nSPS) is 19.4. The average Bonchev–Trinajstić information content (AvgIpc) is 2.80. The Kier molecular flexibility index (Phi) is 8.73. The smallest absolute Gasteiger partial charge is 0.319 e. The Bertz CT molecular complexity index is 801. The van der Waals surface area contributed by atoms with E-state index in [9.17, 15) is 4.79 Å². The van der Waals surface area contributed by atoms with Gasteiger partial charge in [-0.15, -0.1) is 0 Å². The van der Waals surface area contributed by atoms with Gasteiger partial charge in [-0.3, -0.25) is 4.98 Å². The van der Waals surface area contributed by atoms with Crippen LogP contribution in [0.2, 0.25) is 0 Å². The minimum atomic E-state index is -0.233. The van der Waals surface area contributed by atoms with E-state index >= 15 is 0 Å². The first-order valence-electron chi connectivity index (χ1n) is 10.6. The molecule has 2 saturated heterocycles. The lowest BCUT2D eigenvalue weighted by Crippen LogP contribution is -2.45. The van der Waals surface area contributed by atoms with Gasteiger partial charge in [0.25, 0.3) is 0 Å². The van der Waals surface area contributed by atoms with Crippen LogP contribution in [0.3, 0.4) is 0 Å². The number of hydrogen-bond acceptors (Lipinski definition) is 6. The molecule has 1 aromatic heterocycles. The number of aliphatic imine (C=N–C) groups is 1. The fourth-order valence-corrected chi connectivity index (χ4v) is 4.00. The zero-order chi connectivity index (χ0) is 22.1. The number of nitrogens with zero attached hydrogens (tertiary/aromatic N) is 3. The number of likely N-dealkylation sites (tertiary alicyclic amines) is 1. The van der Waals surface area contributed by atoms with Crippen molar-refractivity contribution in [2.45, 2.75) is 44.8 Å². The molecule has 2 fully saturated rings. The first-order valence-corrected chi connectivity index (χ1v) is 11.0. The van der Waals surface area contributed by atoms with Gasteiger partial charge in [-0.1, -0.05) is 11.6 Å². The van der Waals surface area contributed by atoms with Gasteiger partial charge in [-0.25, -0.2) is 9.79 Å². The molecule has 2 aliphatic rings. The number of carbonyl (C=O) groups is 1. The first-order chi connectivity index (χ1) is 15.1. The molecule has 31 heavy (non-hydrogen) atoms. The van der Waals surface area contributed by atoms with Gasteiger partial charge in [-0.05, 0) is 44.7 Å². The number of ether oxygens (including phenoxy) is 2. The number of nitrogens with one attached hydrogen (secondary N) is 2. The largest absolute Gasteiger partial charge is 0.489 e. The highest BCUT2D eigenvalue weighted by Gasteiger charge is 2.25. The molecule has 0 aromatic carbocycles. The van der Waals surface area contributed by atoms with Crippen LogP contribution in [-0.4, -0.2) is 61.1 Å². The molecule has 0 saturated carbocycles. The van der Waals surface area contributed by atoms with Gasteiger partial charge in [0.15, 0.2) is 0 Å². The van der Waals surface area contributed by atoms with E-state index in [1.54, 1.807) is 24.5 Å². The van der Waals surface area contributed by atoms with Crippen LogP contribution in [0.4, 0.5) is 10.5 Å². The van der Waals surface area contributed by atoms with Crippen molar-refractivity contribution in [1.29, 1.82) is 0 Å². The van der Waals surface area contributed by atoms with Crippen molar-refractivity contribution in [3.8, 4) is 0 Å². The summed E-state index contributed by atoms with van der Waals surface area (Å²) in [5, 5.41) is 6.27. The Morgan fingerprint density at radius 1 is 1.35 bits per heavy atom. The number of hydrogen-bond donors (Lipinski definition) is 2. The van der Waals surface area contributed by atoms with Crippen LogP contribution in [0.1, 0.15) is 32.6 Å². The third kappa shape index (κ3) is 6.70. The van der Waals surface area contributed by atoms with Crippen molar-refractivity contribution in [3.63, 3.8) is 0 Å². The van der Waals surface area contributed by atoms with Gasteiger partial charge in [0, 0.05) is 38.2 Å². The Labute approximate surface area is 188 Å². The molecule has 0 spiro atoms. The summed E-state index contributed by atoms with van der Waals surface area (Å²) >= 11 is 6.67. The van der Waals surface area contributed by atoms with Crippen molar-refractivity contribution >= 4 is 30.0 Å². The van der Waals surface area contributed by atoms with Crippen LogP contribution in [0.15, 0.2) is 52.2 Å². The molecule has 2 aliphatic heterocycles. The summed E-state index contributed by atoms with van der Waals surface area (Å²) in [5.41, 5.74) is 0.661. The number of amides is 2. The Hall–Kier alpha value is -2.58. The monoisotopic (exact) mass is 447 g/mol. The second-order valence-corrected chi connectivity index (χ2v) is 7.86. The van der Waals surface area contributed by atoms with Crippen LogP contribution in [0, 0.1) is 0 Å². The van der Waals surface area contributed by atoms with Gasteiger partial charge < -0.3 is 25.0 Å². The van der Waals surface area contributed by atoms with Crippen LogP contribution in [0.5, 0.6) is 0 Å². The fraction of sp³-hybridized carbons (Fsp3) is 0.500. The molecule has 9 heteroatoms. The quantitative estimate of drug-likeness (QED) is 0.376.